The second-order valence-electron chi connectivity index (χ2n) is 10.4. The van der Waals surface area contributed by atoms with Crippen LogP contribution in [-0.4, -0.2) is 76.5 Å². The maximum Gasteiger partial charge on any atom is 0.326 e. The number of benzene rings is 2. The van der Waals surface area contributed by atoms with Crippen LogP contribution >= 0.6 is 11.8 Å². The summed E-state index contributed by atoms with van der Waals surface area (Å²) in [6.45, 7) is 0.414. The smallest absolute Gasteiger partial charge is 0.326 e. The molecule has 0 saturated carbocycles. The van der Waals surface area contributed by atoms with Crippen LogP contribution < -0.4 is 27.4 Å². The molecule has 232 valence electrons. The number of hydrogen-bond acceptors (Lipinski definition) is 7. The van der Waals surface area contributed by atoms with Crippen LogP contribution in [0, 0.1) is 0 Å². The summed E-state index contributed by atoms with van der Waals surface area (Å²) in [6, 6.07) is 12.6. The standard InChI is InChI=1S/C31H42N6O5S/c1-43-16-14-23(33)28(38)36-27(18-21-19-34-24-12-6-5-11-22(21)24)30(40)37-26(17-20-9-3-2-4-10-20)29(39)35-25(31(41)42)13-7-8-15-32/h2-6,9-12,19,23,25-27,34H,7-8,13-18,32-33H2,1H3,(H,35,39)(H,36,38)(H,37,40)(H,41,42). The van der Waals surface area contributed by atoms with Crippen LogP contribution in [0.2, 0.25) is 0 Å². The molecular formula is C31H42N6O5S. The normalized spacial score (nSPS) is 13.9. The van der Waals surface area contributed by atoms with E-state index in [0.29, 0.717) is 31.6 Å². The molecule has 0 radical (unpaired) electrons. The quantitative estimate of drug-likeness (QED) is 0.106. The van der Waals surface area contributed by atoms with Crippen LogP contribution in [0.25, 0.3) is 10.9 Å². The van der Waals surface area contributed by atoms with Gasteiger partial charge in [0.25, 0.3) is 0 Å². The number of hydrogen-bond donors (Lipinski definition) is 7. The second kappa shape index (κ2) is 17.3. The van der Waals surface area contributed by atoms with Crippen molar-refractivity contribution in [3.05, 3.63) is 71.9 Å². The zero-order valence-electron chi connectivity index (χ0n) is 24.4. The summed E-state index contributed by atoms with van der Waals surface area (Å²) in [4.78, 5) is 55.4. The highest BCUT2D eigenvalue weighted by atomic mass is 32.2. The minimum Gasteiger partial charge on any atom is -0.480 e. The molecule has 9 N–H and O–H groups in total. The second-order valence-corrected chi connectivity index (χ2v) is 11.4. The highest BCUT2D eigenvalue weighted by Gasteiger charge is 2.31. The largest absolute Gasteiger partial charge is 0.480 e. The average molecular weight is 611 g/mol. The number of carboxylic acids is 1. The summed E-state index contributed by atoms with van der Waals surface area (Å²) < 4.78 is 0. The number of carbonyl (C=O) groups is 4. The van der Waals surface area contributed by atoms with E-state index < -0.39 is 47.9 Å². The van der Waals surface area contributed by atoms with E-state index >= 15 is 0 Å². The monoisotopic (exact) mass is 610 g/mol. The number of rotatable bonds is 18. The lowest BCUT2D eigenvalue weighted by atomic mass is 10.0. The van der Waals surface area contributed by atoms with Gasteiger partial charge in [-0.1, -0.05) is 48.5 Å². The molecule has 0 aliphatic rings. The molecule has 3 aromatic rings. The highest BCUT2D eigenvalue weighted by Crippen LogP contribution is 2.19. The number of aromatic amines is 1. The van der Waals surface area contributed by atoms with Gasteiger partial charge in [-0.3, -0.25) is 14.4 Å². The van der Waals surface area contributed by atoms with Gasteiger partial charge >= 0.3 is 5.97 Å². The molecule has 11 nitrogen and oxygen atoms in total. The van der Waals surface area contributed by atoms with Gasteiger partial charge in [-0.25, -0.2) is 4.79 Å². The zero-order valence-corrected chi connectivity index (χ0v) is 25.2. The van der Waals surface area contributed by atoms with Gasteiger partial charge < -0.3 is 37.5 Å². The molecule has 4 unspecified atom stereocenters. The van der Waals surface area contributed by atoms with Crippen molar-refractivity contribution in [3.63, 3.8) is 0 Å². The third kappa shape index (κ3) is 10.4. The Balaban J connectivity index is 1.86. The lowest BCUT2D eigenvalue weighted by Gasteiger charge is -2.25. The number of carbonyl (C=O) groups excluding carboxylic acids is 3. The number of carboxylic acid groups (broad SMARTS) is 1. The fourth-order valence-electron chi connectivity index (χ4n) is 4.74. The van der Waals surface area contributed by atoms with E-state index in [2.05, 4.69) is 20.9 Å². The van der Waals surface area contributed by atoms with Crippen LogP contribution in [0.5, 0.6) is 0 Å². The number of para-hydroxylation sites is 1. The third-order valence-corrected chi connectivity index (χ3v) is 7.82. The lowest BCUT2D eigenvalue weighted by molar-refractivity contribution is -0.142. The Morgan fingerprint density at radius 1 is 0.837 bits per heavy atom. The number of amides is 3. The topological polar surface area (TPSA) is 192 Å². The van der Waals surface area contributed by atoms with E-state index in [4.69, 9.17) is 11.5 Å². The molecule has 12 heteroatoms. The number of unbranched alkanes of at least 4 members (excludes halogenated alkanes) is 1. The van der Waals surface area contributed by atoms with Gasteiger partial charge in [0.05, 0.1) is 6.04 Å². The van der Waals surface area contributed by atoms with E-state index in [-0.39, 0.29) is 19.3 Å². The summed E-state index contributed by atoms with van der Waals surface area (Å²) in [6.07, 6.45) is 5.77. The van der Waals surface area contributed by atoms with Crippen molar-refractivity contribution < 1.29 is 24.3 Å². The Kier molecular flexibility index (Phi) is 13.5. The molecule has 0 fully saturated rings. The van der Waals surface area contributed by atoms with Gasteiger partial charge in [-0.15, -0.1) is 0 Å². The fraction of sp³-hybridized carbons (Fsp3) is 0.419. The van der Waals surface area contributed by atoms with Crippen molar-refractivity contribution in [2.24, 2.45) is 11.5 Å². The molecule has 4 atom stereocenters. The molecule has 1 heterocycles. The summed E-state index contributed by atoms with van der Waals surface area (Å²) in [5, 5.41) is 18.8. The van der Waals surface area contributed by atoms with Crippen molar-refractivity contribution in [2.45, 2.75) is 62.7 Å². The van der Waals surface area contributed by atoms with Gasteiger partial charge in [0.2, 0.25) is 17.7 Å². The first-order valence-corrected chi connectivity index (χ1v) is 15.8. The molecule has 0 aliphatic heterocycles. The Morgan fingerprint density at radius 2 is 1.47 bits per heavy atom. The van der Waals surface area contributed by atoms with Gasteiger partial charge in [0, 0.05) is 29.9 Å². The Hall–Kier alpha value is -3.87. The van der Waals surface area contributed by atoms with Crippen LogP contribution in [0.3, 0.4) is 0 Å². The first-order valence-electron chi connectivity index (χ1n) is 14.4. The lowest BCUT2D eigenvalue weighted by Crippen LogP contribution is -2.58. The van der Waals surface area contributed by atoms with Crippen LogP contribution in [0.4, 0.5) is 0 Å². The van der Waals surface area contributed by atoms with E-state index in [1.165, 1.54) is 0 Å². The molecular weight excluding hydrogens is 568 g/mol. The van der Waals surface area contributed by atoms with Gasteiger partial charge in [0.1, 0.15) is 18.1 Å². The molecule has 0 saturated heterocycles. The number of fused-ring (bicyclic) bond motifs is 1. The predicted octanol–water partition coefficient (Wildman–Crippen LogP) is 1.70. The SMILES string of the molecule is CSCCC(N)C(=O)NC(Cc1c[nH]c2ccccc12)C(=O)NC(Cc1ccccc1)C(=O)NC(CCCCN)C(=O)O. The number of thioether (sulfide) groups is 1. The first-order chi connectivity index (χ1) is 20.7. The van der Waals surface area contributed by atoms with Gasteiger partial charge in [-0.2, -0.15) is 11.8 Å². The highest BCUT2D eigenvalue weighted by molar-refractivity contribution is 7.98. The Bertz CT molecular complexity index is 1350. The number of nitrogens with one attached hydrogen (secondary N) is 4. The van der Waals surface area contributed by atoms with E-state index in [0.717, 1.165) is 22.0 Å². The molecule has 0 bridgehead atoms. The number of aliphatic carboxylic acids is 1. The minimum absolute atomic E-state index is 0.120. The maximum absolute atomic E-state index is 13.8. The number of nitrogens with two attached hydrogens (primary N) is 2. The predicted molar refractivity (Wildman–Crippen MR) is 169 cm³/mol. The Labute approximate surface area is 255 Å². The molecule has 2 aromatic carbocycles. The number of aromatic nitrogens is 1. The van der Waals surface area contributed by atoms with Gasteiger partial charge in [-0.05, 0) is 61.4 Å². The van der Waals surface area contributed by atoms with E-state index in [9.17, 15) is 24.3 Å². The summed E-state index contributed by atoms with van der Waals surface area (Å²) >= 11 is 1.57. The minimum atomic E-state index is -1.17. The molecule has 0 spiro atoms. The van der Waals surface area contributed by atoms with E-state index in [1.54, 1.807) is 18.0 Å². The average Bonchev–Trinajstić information content (AvgIpc) is 3.41. The van der Waals surface area contributed by atoms with Crippen LogP contribution in [-0.2, 0) is 32.0 Å². The van der Waals surface area contributed by atoms with Crippen molar-refractivity contribution in [1.82, 2.24) is 20.9 Å². The third-order valence-electron chi connectivity index (χ3n) is 7.18. The summed E-state index contributed by atoms with van der Waals surface area (Å²) in [5.41, 5.74) is 14.1. The molecule has 1 aromatic heterocycles. The van der Waals surface area contributed by atoms with Gasteiger partial charge in [0.15, 0.2) is 0 Å². The molecule has 3 rings (SSSR count). The molecule has 0 aliphatic carbocycles. The van der Waals surface area contributed by atoms with Crippen LogP contribution in [0.15, 0.2) is 60.8 Å². The summed E-state index contributed by atoms with van der Waals surface area (Å²) in [5.74, 6) is -2.17. The van der Waals surface area contributed by atoms with Crippen molar-refractivity contribution >= 4 is 46.4 Å². The zero-order chi connectivity index (χ0) is 31.2. The summed E-state index contributed by atoms with van der Waals surface area (Å²) in [7, 11) is 0. The fourth-order valence-corrected chi connectivity index (χ4v) is 5.23. The maximum atomic E-state index is 13.8. The molecule has 43 heavy (non-hydrogen) atoms. The van der Waals surface area contributed by atoms with E-state index in [1.807, 2.05) is 60.9 Å². The van der Waals surface area contributed by atoms with Crippen LogP contribution in [0.1, 0.15) is 36.8 Å². The van der Waals surface area contributed by atoms with Crippen molar-refractivity contribution in [2.75, 3.05) is 18.6 Å². The van der Waals surface area contributed by atoms with Crippen molar-refractivity contribution in [1.29, 1.82) is 0 Å². The number of H-pyrrole nitrogens is 1. The molecule has 3 amide bonds. The Morgan fingerprint density at radius 3 is 2.14 bits per heavy atom. The first kappa shape index (κ1) is 33.6. The van der Waals surface area contributed by atoms with Crippen molar-refractivity contribution in [3.8, 4) is 0 Å².